The second kappa shape index (κ2) is 6.47. The predicted molar refractivity (Wildman–Crippen MR) is 107 cm³/mol. The number of aryl methyl sites for hydroxylation is 1. The number of ketones is 1. The Bertz CT molecular complexity index is 932. The Balaban J connectivity index is 1.29. The summed E-state index contributed by atoms with van der Waals surface area (Å²) in [5.74, 6) is -0.429. The van der Waals surface area contributed by atoms with Crippen LogP contribution in [0, 0.1) is 18.8 Å². The van der Waals surface area contributed by atoms with Crippen molar-refractivity contribution in [3.05, 3.63) is 27.7 Å². The number of hydrogen-bond acceptors (Lipinski definition) is 6. The van der Waals surface area contributed by atoms with Gasteiger partial charge in [0.1, 0.15) is 5.60 Å². The summed E-state index contributed by atoms with van der Waals surface area (Å²) in [4.78, 5) is 46.7. The number of likely N-dealkylation sites (N-methyl/N-ethyl adjacent to an activating group) is 1. The van der Waals surface area contributed by atoms with Crippen LogP contribution in [0.4, 0.5) is 0 Å². The topological polar surface area (TPSA) is 79.8 Å². The molecule has 4 aliphatic heterocycles. The zero-order valence-electron chi connectivity index (χ0n) is 16.9. The number of piperidine rings is 1. The first-order chi connectivity index (χ1) is 13.8. The van der Waals surface area contributed by atoms with Crippen molar-refractivity contribution in [3.63, 3.8) is 0 Å². The molecule has 0 saturated carbocycles. The fraction of sp³-hybridized carbons (Fsp3) is 0.619. The molecule has 154 valence electrons. The van der Waals surface area contributed by atoms with Crippen molar-refractivity contribution in [2.45, 2.75) is 44.3 Å². The quantitative estimate of drug-likeness (QED) is 0.555. The van der Waals surface area contributed by atoms with Gasteiger partial charge in [-0.2, -0.15) is 0 Å². The smallest absolute Gasteiger partial charge is 0.229 e. The Morgan fingerprint density at radius 1 is 1.31 bits per heavy atom. The van der Waals surface area contributed by atoms with Crippen LogP contribution in [0.15, 0.2) is 12.2 Å². The van der Waals surface area contributed by atoms with Crippen molar-refractivity contribution in [3.8, 4) is 0 Å². The molecule has 0 unspecified atom stereocenters. The van der Waals surface area contributed by atoms with Gasteiger partial charge in [-0.05, 0) is 19.8 Å². The highest BCUT2D eigenvalue weighted by molar-refractivity contribution is 7.13. The first kappa shape index (κ1) is 18.9. The Kier molecular flexibility index (Phi) is 4.22. The summed E-state index contributed by atoms with van der Waals surface area (Å²) in [6, 6.07) is 0. The van der Waals surface area contributed by atoms with E-state index >= 15 is 0 Å². The molecule has 4 aliphatic rings. The van der Waals surface area contributed by atoms with Crippen molar-refractivity contribution in [2.75, 3.05) is 26.7 Å². The van der Waals surface area contributed by atoms with E-state index in [1.165, 1.54) is 11.3 Å². The second-order valence-electron chi connectivity index (χ2n) is 8.72. The number of aromatic nitrogens is 1. The lowest BCUT2D eigenvalue weighted by Gasteiger charge is -2.35. The number of Topliss-reactive ketones (excluding diaryl/α,β-unsaturated/α-hetero) is 1. The average molecular weight is 416 g/mol. The van der Waals surface area contributed by atoms with Crippen LogP contribution < -0.4 is 0 Å². The molecule has 0 N–H and O–H groups in total. The summed E-state index contributed by atoms with van der Waals surface area (Å²) in [5, 5.41) is 0.998. The van der Waals surface area contributed by atoms with Crippen molar-refractivity contribution < 1.29 is 19.1 Å². The SMILES string of the molecule is CC(=O)c1sc(C2CCN(C(=O)[C@H]3[C@H]4C(=O)N(C)C[C@@]45C=C[C@H]3O5)CC2)nc1C. The number of likely N-dealkylation sites (tertiary alicyclic amines) is 2. The monoisotopic (exact) mass is 415 g/mol. The predicted octanol–water partition coefficient (Wildman–Crippen LogP) is 1.77. The number of amides is 2. The number of ether oxygens (including phenoxy) is 1. The number of carbonyl (C=O) groups is 3. The maximum absolute atomic E-state index is 13.4. The summed E-state index contributed by atoms with van der Waals surface area (Å²) >= 11 is 1.49. The van der Waals surface area contributed by atoms with E-state index in [2.05, 4.69) is 4.98 Å². The molecule has 0 aromatic carbocycles. The summed E-state index contributed by atoms with van der Waals surface area (Å²) in [7, 11) is 1.78. The highest BCUT2D eigenvalue weighted by Gasteiger charge is 2.66. The van der Waals surface area contributed by atoms with Gasteiger partial charge in [0.2, 0.25) is 11.8 Å². The van der Waals surface area contributed by atoms with Crippen molar-refractivity contribution in [1.29, 1.82) is 0 Å². The number of nitrogens with zero attached hydrogens (tertiary/aromatic N) is 3. The molecule has 2 bridgehead atoms. The summed E-state index contributed by atoms with van der Waals surface area (Å²) in [5.41, 5.74) is 0.188. The lowest BCUT2D eigenvalue weighted by atomic mass is 9.76. The fourth-order valence-electron chi connectivity index (χ4n) is 5.45. The molecule has 29 heavy (non-hydrogen) atoms. The van der Waals surface area contributed by atoms with Crippen LogP contribution in [0.5, 0.6) is 0 Å². The zero-order valence-corrected chi connectivity index (χ0v) is 17.7. The van der Waals surface area contributed by atoms with Crippen LogP contribution in [0.2, 0.25) is 0 Å². The molecule has 1 aromatic rings. The standard InChI is InChI=1S/C21H25N3O4S/c1-11-17(12(2)25)29-18(22-11)13-5-8-24(9-6-13)19(26)15-14-4-7-21(28-14)10-23(3)20(27)16(15)21/h4,7,13-16H,5-6,8-10H2,1-3H3/t14-,15-,16+,21+/m1/s1. The first-order valence-electron chi connectivity index (χ1n) is 10.2. The van der Waals surface area contributed by atoms with Crippen LogP contribution in [-0.2, 0) is 14.3 Å². The molecular weight excluding hydrogens is 390 g/mol. The maximum atomic E-state index is 13.4. The van der Waals surface area contributed by atoms with Gasteiger partial charge in [-0.3, -0.25) is 14.4 Å². The molecule has 1 spiro atoms. The lowest BCUT2D eigenvalue weighted by Crippen LogP contribution is -2.48. The van der Waals surface area contributed by atoms with E-state index in [-0.39, 0.29) is 29.6 Å². The van der Waals surface area contributed by atoms with Gasteiger partial charge in [-0.1, -0.05) is 12.2 Å². The molecule has 8 heteroatoms. The number of hydrogen-bond donors (Lipinski definition) is 0. The molecule has 4 atom stereocenters. The molecule has 1 aromatic heterocycles. The van der Waals surface area contributed by atoms with Crippen LogP contribution in [0.25, 0.3) is 0 Å². The second-order valence-corrected chi connectivity index (χ2v) is 9.75. The van der Waals surface area contributed by atoms with Gasteiger partial charge in [-0.15, -0.1) is 11.3 Å². The number of carbonyl (C=O) groups excluding carboxylic acids is 3. The Labute approximate surface area is 173 Å². The zero-order chi connectivity index (χ0) is 20.5. The number of thiazole rings is 1. The van der Waals surface area contributed by atoms with Gasteiger partial charge in [0, 0.05) is 33.0 Å². The third-order valence-electron chi connectivity index (χ3n) is 6.86. The summed E-state index contributed by atoms with van der Waals surface area (Å²) in [6.07, 6.45) is 5.31. The molecule has 7 nitrogen and oxygen atoms in total. The Hall–Kier alpha value is -2.06. The molecule has 5 rings (SSSR count). The lowest BCUT2D eigenvalue weighted by molar-refractivity contribution is -0.143. The third kappa shape index (κ3) is 2.72. The van der Waals surface area contributed by atoms with Crippen LogP contribution in [-0.4, -0.2) is 70.8 Å². The molecule has 3 fully saturated rings. The highest BCUT2D eigenvalue weighted by Crippen LogP contribution is 2.52. The van der Waals surface area contributed by atoms with E-state index in [1.807, 2.05) is 24.0 Å². The first-order valence-corrected chi connectivity index (χ1v) is 11.0. The third-order valence-corrected chi connectivity index (χ3v) is 8.28. The average Bonchev–Trinajstić information content (AvgIpc) is 3.42. The summed E-state index contributed by atoms with van der Waals surface area (Å²) in [6.45, 7) is 5.27. The van der Waals surface area contributed by atoms with E-state index in [1.54, 1.807) is 18.9 Å². The molecule has 5 heterocycles. The summed E-state index contributed by atoms with van der Waals surface area (Å²) < 4.78 is 6.12. The largest absolute Gasteiger partial charge is 0.360 e. The molecule has 0 aliphatic carbocycles. The highest BCUT2D eigenvalue weighted by atomic mass is 32.1. The van der Waals surface area contributed by atoms with E-state index in [0.717, 1.165) is 28.4 Å². The number of rotatable bonds is 3. The van der Waals surface area contributed by atoms with Gasteiger partial charge in [0.05, 0.1) is 40.1 Å². The van der Waals surface area contributed by atoms with Gasteiger partial charge >= 0.3 is 0 Å². The molecule has 0 radical (unpaired) electrons. The Morgan fingerprint density at radius 2 is 2.03 bits per heavy atom. The minimum absolute atomic E-state index is 0.0140. The maximum Gasteiger partial charge on any atom is 0.229 e. The molecule has 2 amide bonds. The van der Waals surface area contributed by atoms with Crippen LogP contribution >= 0.6 is 11.3 Å². The normalized spacial score (nSPS) is 33.6. The van der Waals surface area contributed by atoms with E-state index < -0.39 is 17.4 Å². The Morgan fingerprint density at radius 3 is 2.69 bits per heavy atom. The van der Waals surface area contributed by atoms with Gasteiger partial charge in [0.25, 0.3) is 0 Å². The van der Waals surface area contributed by atoms with E-state index in [9.17, 15) is 14.4 Å². The van der Waals surface area contributed by atoms with Gasteiger partial charge in [0.15, 0.2) is 5.78 Å². The van der Waals surface area contributed by atoms with Crippen molar-refractivity contribution >= 4 is 28.9 Å². The van der Waals surface area contributed by atoms with Crippen molar-refractivity contribution in [2.24, 2.45) is 11.8 Å². The van der Waals surface area contributed by atoms with E-state index in [4.69, 9.17) is 4.74 Å². The number of fused-ring (bicyclic) bond motifs is 1. The van der Waals surface area contributed by atoms with Crippen molar-refractivity contribution in [1.82, 2.24) is 14.8 Å². The van der Waals surface area contributed by atoms with E-state index in [0.29, 0.717) is 19.6 Å². The van der Waals surface area contributed by atoms with Crippen LogP contribution in [0.1, 0.15) is 46.1 Å². The fourth-order valence-corrected chi connectivity index (χ4v) is 6.58. The minimum atomic E-state index is -0.614. The minimum Gasteiger partial charge on any atom is -0.360 e. The molecule has 3 saturated heterocycles. The van der Waals surface area contributed by atoms with Crippen LogP contribution in [0.3, 0.4) is 0 Å². The van der Waals surface area contributed by atoms with Gasteiger partial charge in [-0.25, -0.2) is 4.98 Å². The molecular formula is C21H25N3O4S. The van der Waals surface area contributed by atoms with Gasteiger partial charge < -0.3 is 14.5 Å².